The van der Waals surface area contributed by atoms with Crippen LogP contribution in [0.15, 0.2) is 23.1 Å². The Hall–Kier alpha value is -1.15. The summed E-state index contributed by atoms with van der Waals surface area (Å²) in [4.78, 5) is 11.8. The first-order chi connectivity index (χ1) is 9.05. The number of halogens is 1. The number of rotatable bonds is 5. The summed E-state index contributed by atoms with van der Waals surface area (Å²) in [6.45, 7) is 3.88. The summed E-state index contributed by atoms with van der Waals surface area (Å²) in [6, 6.07) is 3.73. The molecule has 0 unspecified atom stereocenters. The Morgan fingerprint density at radius 1 is 1.40 bits per heavy atom. The molecule has 1 amide bonds. The molecule has 0 bridgehead atoms. The molecule has 0 aliphatic rings. The summed E-state index contributed by atoms with van der Waals surface area (Å²) >= 11 is 5.79. The van der Waals surface area contributed by atoms with Crippen molar-refractivity contribution in [1.29, 1.82) is 0 Å². The fourth-order valence-corrected chi connectivity index (χ4v) is 2.21. The topological polar surface area (TPSA) is 98.5 Å². The quantitative estimate of drug-likeness (QED) is 0.850. The van der Waals surface area contributed by atoms with Crippen molar-refractivity contribution in [2.45, 2.75) is 24.3 Å². The Labute approximate surface area is 123 Å². The number of nitrogens with one attached hydrogen (secondary N) is 1. The third kappa shape index (κ3) is 4.75. The van der Waals surface area contributed by atoms with Gasteiger partial charge in [-0.1, -0.05) is 11.6 Å². The average molecular weight is 321 g/mol. The molecule has 0 radical (unpaired) electrons. The molecule has 0 atom stereocenters. The van der Waals surface area contributed by atoms with E-state index < -0.39 is 21.5 Å². The van der Waals surface area contributed by atoms with E-state index in [1.165, 1.54) is 25.3 Å². The summed E-state index contributed by atoms with van der Waals surface area (Å²) in [5.74, 6) is -0.456. The second-order valence-electron chi connectivity index (χ2n) is 4.87. The van der Waals surface area contributed by atoms with Crippen molar-refractivity contribution < 1.29 is 17.9 Å². The zero-order chi connectivity index (χ0) is 15.6. The van der Waals surface area contributed by atoms with Gasteiger partial charge in [-0.2, -0.15) is 0 Å². The number of sulfonamides is 1. The van der Waals surface area contributed by atoms with E-state index in [2.05, 4.69) is 5.32 Å². The summed E-state index contributed by atoms with van der Waals surface area (Å²) in [5, 5.41) is 7.78. The van der Waals surface area contributed by atoms with Gasteiger partial charge in [0.05, 0.1) is 10.5 Å². The largest absolute Gasteiger partial charge is 0.377 e. The SMILES string of the molecule is COC(C)(C)CNC(=O)c1cc(Cl)cc(S(N)(=O)=O)c1. The van der Waals surface area contributed by atoms with Gasteiger partial charge >= 0.3 is 0 Å². The van der Waals surface area contributed by atoms with Crippen LogP contribution in [0.3, 0.4) is 0 Å². The number of hydrogen-bond donors (Lipinski definition) is 2. The van der Waals surface area contributed by atoms with Crippen LogP contribution in [0.2, 0.25) is 5.02 Å². The lowest BCUT2D eigenvalue weighted by Gasteiger charge is -2.23. The van der Waals surface area contributed by atoms with E-state index >= 15 is 0 Å². The molecule has 112 valence electrons. The maximum Gasteiger partial charge on any atom is 0.251 e. The highest BCUT2D eigenvalue weighted by molar-refractivity contribution is 7.89. The first-order valence-corrected chi connectivity index (χ1v) is 7.64. The number of nitrogens with two attached hydrogens (primary N) is 1. The van der Waals surface area contributed by atoms with Crippen molar-refractivity contribution in [3.63, 3.8) is 0 Å². The molecule has 0 aromatic heterocycles. The van der Waals surface area contributed by atoms with Crippen LogP contribution in [0, 0.1) is 0 Å². The van der Waals surface area contributed by atoms with Gasteiger partial charge in [0, 0.05) is 24.2 Å². The van der Waals surface area contributed by atoms with Gasteiger partial charge in [0.15, 0.2) is 0 Å². The fraction of sp³-hybridized carbons (Fsp3) is 0.417. The molecule has 3 N–H and O–H groups in total. The summed E-state index contributed by atoms with van der Waals surface area (Å²) < 4.78 is 27.8. The number of carbonyl (C=O) groups excluding carboxylic acids is 1. The molecule has 0 aliphatic heterocycles. The molecule has 0 saturated heterocycles. The molecule has 20 heavy (non-hydrogen) atoms. The van der Waals surface area contributed by atoms with Crippen LogP contribution < -0.4 is 10.5 Å². The predicted molar refractivity (Wildman–Crippen MR) is 76.2 cm³/mol. The first-order valence-electron chi connectivity index (χ1n) is 5.72. The van der Waals surface area contributed by atoms with E-state index in [1.54, 1.807) is 13.8 Å². The van der Waals surface area contributed by atoms with Crippen molar-refractivity contribution >= 4 is 27.5 Å². The molecule has 1 aromatic carbocycles. The third-order valence-electron chi connectivity index (χ3n) is 2.69. The van der Waals surface area contributed by atoms with E-state index in [1.807, 2.05) is 0 Å². The van der Waals surface area contributed by atoms with Gasteiger partial charge in [0.2, 0.25) is 10.0 Å². The molecule has 0 heterocycles. The minimum atomic E-state index is -3.92. The van der Waals surface area contributed by atoms with E-state index in [0.29, 0.717) is 0 Å². The Kier molecular flexibility index (Phi) is 5.15. The zero-order valence-electron chi connectivity index (χ0n) is 11.4. The smallest absolute Gasteiger partial charge is 0.251 e. The fourth-order valence-electron chi connectivity index (χ4n) is 1.33. The van der Waals surface area contributed by atoms with Gasteiger partial charge in [0.25, 0.3) is 5.91 Å². The molecule has 1 aromatic rings. The number of hydrogen-bond acceptors (Lipinski definition) is 4. The Morgan fingerprint density at radius 3 is 2.50 bits per heavy atom. The lowest BCUT2D eigenvalue weighted by Crippen LogP contribution is -2.39. The lowest BCUT2D eigenvalue weighted by molar-refractivity contribution is 0.0228. The average Bonchev–Trinajstić information content (AvgIpc) is 2.34. The van der Waals surface area contributed by atoms with Gasteiger partial charge in [0.1, 0.15) is 0 Å². The Balaban J connectivity index is 2.97. The molecule has 0 fully saturated rings. The number of primary sulfonamides is 1. The molecule has 1 rings (SSSR count). The van der Waals surface area contributed by atoms with Gasteiger partial charge < -0.3 is 10.1 Å². The second-order valence-corrected chi connectivity index (χ2v) is 6.86. The van der Waals surface area contributed by atoms with Crippen LogP contribution in [0.5, 0.6) is 0 Å². The number of ether oxygens (including phenoxy) is 1. The normalized spacial score (nSPS) is 12.2. The zero-order valence-corrected chi connectivity index (χ0v) is 13.0. The summed E-state index contributed by atoms with van der Waals surface area (Å²) in [6.07, 6.45) is 0. The first kappa shape index (κ1) is 16.9. The molecular weight excluding hydrogens is 304 g/mol. The van der Waals surface area contributed by atoms with E-state index in [4.69, 9.17) is 21.5 Å². The van der Waals surface area contributed by atoms with Crippen LogP contribution in [0.1, 0.15) is 24.2 Å². The summed E-state index contributed by atoms with van der Waals surface area (Å²) in [5.41, 5.74) is -0.412. The van der Waals surface area contributed by atoms with E-state index in [-0.39, 0.29) is 22.0 Å². The van der Waals surface area contributed by atoms with Crippen molar-refractivity contribution in [1.82, 2.24) is 5.32 Å². The number of carbonyl (C=O) groups is 1. The molecule has 0 aliphatic carbocycles. The minimum absolute atomic E-state index is 0.118. The monoisotopic (exact) mass is 320 g/mol. The highest BCUT2D eigenvalue weighted by Crippen LogP contribution is 2.18. The number of benzene rings is 1. The predicted octanol–water partition coefficient (Wildman–Crippen LogP) is 1.14. The van der Waals surface area contributed by atoms with E-state index in [9.17, 15) is 13.2 Å². The van der Waals surface area contributed by atoms with Crippen LogP contribution in [0.4, 0.5) is 0 Å². The standard InChI is InChI=1S/C12H17ClN2O4S/c1-12(2,19-3)7-15-11(16)8-4-9(13)6-10(5-8)20(14,17)18/h4-6H,7H2,1-3H3,(H,15,16)(H2,14,17,18). The summed E-state index contributed by atoms with van der Waals surface area (Å²) in [7, 11) is -2.39. The molecule has 8 heteroatoms. The van der Waals surface area contributed by atoms with Crippen molar-refractivity contribution in [2.24, 2.45) is 5.14 Å². The van der Waals surface area contributed by atoms with Crippen molar-refractivity contribution in [3.8, 4) is 0 Å². The van der Waals surface area contributed by atoms with Gasteiger partial charge in [-0.3, -0.25) is 4.79 Å². The van der Waals surface area contributed by atoms with Crippen LogP contribution in [0.25, 0.3) is 0 Å². The number of methoxy groups -OCH3 is 1. The highest BCUT2D eigenvalue weighted by atomic mass is 35.5. The van der Waals surface area contributed by atoms with Crippen molar-refractivity contribution in [2.75, 3.05) is 13.7 Å². The Bertz CT molecular complexity index is 614. The van der Waals surface area contributed by atoms with Gasteiger partial charge in [-0.25, -0.2) is 13.6 Å². The second kappa shape index (κ2) is 6.09. The van der Waals surface area contributed by atoms with Gasteiger partial charge in [-0.15, -0.1) is 0 Å². The molecule has 6 nitrogen and oxygen atoms in total. The molecule has 0 spiro atoms. The highest BCUT2D eigenvalue weighted by Gasteiger charge is 2.19. The van der Waals surface area contributed by atoms with Crippen LogP contribution in [-0.4, -0.2) is 33.6 Å². The lowest BCUT2D eigenvalue weighted by atomic mass is 10.1. The van der Waals surface area contributed by atoms with Gasteiger partial charge in [-0.05, 0) is 32.0 Å². The third-order valence-corrected chi connectivity index (χ3v) is 3.80. The minimum Gasteiger partial charge on any atom is -0.377 e. The molecule has 0 saturated carbocycles. The number of amides is 1. The molecular formula is C12H17ClN2O4S. The maximum atomic E-state index is 12.0. The van der Waals surface area contributed by atoms with Crippen LogP contribution in [-0.2, 0) is 14.8 Å². The Morgan fingerprint density at radius 2 is 2.00 bits per heavy atom. The van der Waals surface area contributed by atoms with Crippen molar-refractivity contribution in [3.05, 3.63) is 28.8 Å². The van der Waals surface area contributed by atoms with Crippen LogP contribution >= 0.6 is 11.6 Å². The maximum absolute atomic E-state index is 12.0. The van der Waals surface area contributed by atoms with E-state index in [0.717, 1.165) is 0 Å².